The number of benzene rings is 2. The van der Waals surface area contributed by atoms with Gasteiger partial charge in [0.15, 0.2) is 11.5 Å². The van der Waals surface area contributed by atoms with Gasteiger partial charge in [-0.3, -0.25) is 20.6 Å². The predicted molar refractivity (Wildman–Crippen MR) is 119 cm³/mol. The Morgan fingerprint density at radius 1 is 1.16 bits per heavy atom. The molecule has 2 aromatic heterocycles. The smallest absolute Gasteiger partial charge is 0.266 e. The van der Waals surface area contributed by atoms with Gasteiger partial charge in [-0.05, 0) is 61.4 Å². The third kappa shape index (κ3) is 4.79. The van der Waals surface area contributed by atoms with Crippen LogP contribution in [0, 0.1) is 6.92 Å². The molecule has 4 aromatic rings. The Hall–Kier alpha value is -3.56. The maximum Gasteiger partial charge on any atom is 0.266 e. The lowest BCUT2D eigenvalue weighted by Gasteiger charge is -2.11. The second kappa shape index (κ2) is 9.07. The van der Waals surface area contributed by atoms with E-state index in [1.165, 1.54) is 10.6 Å². The summed E-state index contributed by atoms with van der Waals surface area (Å²) in [4.78, 5) is 20.8. The summed E-state index contributed by atoms with van der Waals surface area (Å²) >= 11 is 6.03. The molecule has 10 heteroatoms. The Morgan fingerprint density at radius 3 is 2.71 bits per heavy atom. The van der Waals surface area contributed by atoms with Gasteiger partial charge in [0.25, 0.3) is 5.56 Å². The second-order valence-corrected chi connectivity index (χ2v) is 7.32. The molecule has 4 N–H and O–H groups in total. The number of nitrogens with zero attached hydrogens (tertiary/aromatic N) is 3. The molecule has 0 spiro atoms. The van der Waals surface area contributed by atoms with Crippen molar-refractivity contribution in [3.8, 4) is 17.1 Å². The highest BCUT2D eigenvalue weighted by Crippen LogP contribution is 2.22. The fraction of sp³-hybridized carbons (Fsp3) is 0.190. The van der Waals surface area contributed by atoms with E-state index in [1.807, 2.05) is 25.1 Å². The highest BCUT2D eigenvalue weighted by molar-refractivity contribution is 6.31. The van der Waals surface area contributed by atoms with Gasteiger partial charge in [0.1, 0.15) is 5.75 Å². The van der Waals surface area contributed by atoms with Gasteiger partial charge in [-0.15, -0.1) is 0 Å². The van der Waals surface area contributed by atoms with Crippen LogP contribution in [0.1, 0.15) is 12.0 Å². The van der Waals surface area contributed by atoms with E-state index in [1.54, 1.807) is 24.3 Å². The Kier molecular flexibility index (Phi) is 6.06. The van der Waals surface area contributed by atoms with Crippen LogP contribution < -0.4 is 21.1 Å². The van der Waals surface area contributed by atoms with Crippen molar-refractivity contribution in [3.05, 3.63) is 69.5 Å². The molecule has 2 aromatic carbocycles. The summed E-state index contributed by atoms with van der Waals surface area (Å²) in [5.74, 6) is 1.69. The molecule has 31 heavy (non-hydrogen) atoms. The number of hydrogen-bond acceptors (Lipinski definition) is 7. The Morgan fingerprint density at radius 2 is 1.97 bits per heavy atom. The quantitative estimate of drug-likeness (QED) is 0.243. The molecule has 0 aliphatic carbocycles. The standard InChI is InChI=1S/C21H21ClN6O3/c1-13-11-16(7-8-17(13)22)31-10-2-9-23-21-25-20(14-3-5-15(27-30)6-4-14)24-18-12-19(29)26-28(18)21/h3-8,11-12,27,30H,2,9-10H2,1H3,(H,26,29)(H,23,24,25). The number of nitrogens with one attached hydrogen (secondary N) is 3. The summed E-state index contributed by atoms with van der Waals surface area (Å²) < 4.78 is 7.28. The van der Waals surface area contributed by atoms with E-state index >= 15 is 0 Å². The van der Waals surface area contributed by atoms with Crippen molar-refractivity contribution in [2.75, 3.05) is 23.9 Å². The molecular weight excluding hydrogens is 420 g/mol. The lowest BCUT2D eigenvalue weighted by atomic mass is 10.2. The number of anilines is 2. The minimum absolute atomic E-state index is 0.268. The molecule has 0 aliphatic heterocycles. The minimum atomic E-state index is -0.268. The first kappa shape index (κ1) is 20.7. The summed E-state index contributed by atoms with van der Waals surface area (Å²) in [6.07, 6.45) is 0.713. The number of hydrogen-bond donors (Lipinski definition) is 4. The van der Waals surface area contributed by atoms with Crippen molar-refractivity contribution < 1.29 is 9.94 Å². The number of aromatic amines is 1. The lowest BCUT2D eigenvalue weighted by Crippen LogP contribution is -2.13. The molecule has 0 saturated heterocycles. The van der Waals surface area contributed by atoms with E-state index in [0.29, 0.717) is 47.7 Å². The highest BCUT2D eigenvalue weighted by Gasteiger charge is 2.11. The van der Waals surface area contributed by atoms with Crippen LogP contribution in [0.3, 0.4) is 0 Å². The molecule has 0 aliphatic rings. The fourth-order valence-electron chi connectivity index (χ4n) is 3.02. The third-order valence-electron chi connectivity index (χ3n) is 4.63. The minimum Gasteiger partial charge on any atom is -0.494 e. The summed E-state index contributed by atoms with van der Waals surface area (Å²) in [5, 5.41) is 15.6. The van der Waals surface area contributed by atoms with E-state index in [2.05, 4.69) is 25.9 Å². The Labute approximate surface area is 182 Å². The van der Waals surface area contributed by atoms with Crippen LogP contribution in [0.25, 0.3) is 17.0 Å². The summed E-state index contributed by atoms with van der Waals surface area (Å²) in [6, 6.07) is 13.9. The largest absolute Gasteiger partial charge is 0.494 e. The maximum atomic E-state index is 11.8. The van der Waals surface area contributed by atoms with Gasteiger partial charge in [0, 0.05) is 23.2 Å². The molecule has 0 radical (unpaired) electrons. The molecule has 0 atom stereocenters. The van der Waals surface area contributed by atoms with Crippen LogP contribution in [-0.2, 0) is 0 Å². The summed E-state index contributed by atoms with van der Waals surface area (Å²) in [7, 11) is 0. The molecule has 0 saturated carbocycles. The average molecular weight is 441 g/mol. The molecule has 9 nitrogen and oxygen atoms in total. The number of fused-ring (bicyclic) bond motifs is 1. The summed E-state index contributed by atoms with van der Waals surface area (Å²) in [5.41, 5.74) is 4.54. The first-order chi connectivity index (χ1) is 15.0. The van der Waals surface area contributed by atoms with Crippen molar-refractivity contribution in [1.29, 1.82) is 0 Å². The predicted octanol–water partition coefficient (Wildman–Crippen LogP) is 3.73. The van der Waals surface area contributed by atoms with Gasteiger partial charge in [0.2, 0.25) is 5.95 Å². The Balaban J connectivity index is 1.45. The van der Waals surface area contributed by atoms with Crippen LogP contribution in [0.15, 0.2) is 53.3 Å². The average Bonchev–Trinajstić information content (AvgIpc) is 3.16. The van der Waals surface area contributed by atoms with Crippen molar-refractivity contribution in [3.63, 3.8) is 0 Å². The van der Waals surface area contributed by atoms with E-state index in [4.69, 9.17) is 21.5 Å². The highest BCUT2D eigenvalue weighted by atomic mass is 35.5. The van der Waals surface area contributed by atoms with Crippen LogP contribution in [-0.4, -0.2) is 37.9 Å². The van der Waals surface area contributed by atoms with Crippen molar-refractivity contribution in [2.45, 2.75) is 13.3 Å². The van der Waals surface area contributed by atoms with Gasteiger partial charge in [0.05, 0.1) is 12.3 Å². The molecule has 0 fully saturated rings. The molecule has 160 valence electrons. The van der Waals surface area contributed by atoms with Crippen molar-refractivity contribution in [2.24, 2.45) is 0 Å². The van der Waals surface area contributed by atoms with E-state index in [-0.39, 0.29) is 5.56 Å². The second-order valence-electron chi connectivity index (χ2n) is 6.91. The van der Waals surface area contributed by atoms with Gasteiger partial charge in [-0.1, -0.05) is 11.6 Å². The lowest BCUT2D eigenvalue weighted by molar-refractivity contribution is 0.314. The van der Waals surface area contributed by atoms with Crippen LogP contribution in [0.2, 0.25) is 5.02 Å². The number of ether oxygens (including phenoxy) is 1. The van der Waals surface area contributed by atoms with Crippen LogP contribution in [0.4, 0.5) is 11.6 Å². The number of aromatic nitrogens is 4. The molecule has 4 rings (SSSR count). The monoisotopic (exact) mass is 440 g/mol. The van der Waals surface area contributed by atoms with Crippen LogP contribution in [0.5, 0.6) is 5.75 Å². The topological polar surface area (TPSA) is 117 Å². The molecule has 0 bridgehead atoms. The van der Waals surface area contributed by atoms with Gasteiger partial charge < -0.3 is 10.1 Å². The summed E-state index contributed by atoms with van der Waals surface area (Å²) in [6.45, 7) is 3.01. The van der Waals surface area contributed by atoms with Crippen molar-refractivity contribution in [1.82, 2.24) is 19.6 Å². The van der Waals surface area contributed by atoms with E-state index in [9.17, 15) is 4.79 Å². The number of aryl methyl sites for hydroxylation is 1. The van der Waals surface area contributed by atoms with E-state index in [0.717, 1.165) is 16.9 Å². The molecular formula is C21H21ClN6O3. The fourth-order valence-corrected chi connectivity index (χ4v) is 3.14. The maximum absolute atomic E-state index is 11.8. The number of halogens is 1. The normalized spacial score (nSPS) is 10.9. The number of rotatable bonds is 8. The zero-order valence-electron chi connectivity index (χ0n) is 16.7. The van der Waals surface area contributed by atoms with E-state index < -0.39 is 0 Å². The Bertz CT molecular complexity index is 1250. The molecule has 0 amide bonds. The SMILES string of the molecule is Cc1cc(OCCCNc2nc(-c3ccc(NO)cc3)nc3cc(=O)[nH]n23)ccc1Cl. The first-order valence-electron chi connectivity index (χ1n) is 9.67. The zero-order valence-corrected chi connectivity index (χ0v) is 17.5. The van der Waals surface area contributed by atoms with Gasteiger partial charge in [-0.2, -0.15) is 4.98 Å². The molecule has 0 unspecified atom stereocenters. The van der Waals surface area contributed by atoms with Crippen molar-refractivity contribution >= 4 is 28.9 Å². The zero-order chi connectivity index (χ0) is 21.8. The van der Waals surface area contributed by atoms with Crippen LogP contribution >= 0.6 is 11.6 Å². The van der Waals surface area contributed by atoms with Gasteiger partial charge >= 0.3 is 0 Å². The third-order valence-corrected chi connectivity index (χ3v) is 5.05. The first-order valence-corrected chi connectivity index (χ1v) is 10.0. The molecule has 2 heterocycles. The number of H-pyrrole nitrogens is 1. The van der Waals surface area contributed by atoms with Gasteiger partial charge in [-0.25, -0.2) is 9.50 Å².